The monoisotopic (exact) mass is 336 g/mol. The minimum absolute atomic E-state index is 0.498. The fourth-order valence-electron chi connectivity index (χ4n) is 3.78. The molecule has 2 heterocycles. The zero-order valence-electron chi connectivity index (χ0n) is 15.0. The van der Waals surface area contributed by atoms with Gasteiger partial charge in [0.2, 0.25) is 0 Å². The van der Waals surface area contributed by atoms with Gasteiger partial charge in [-0.25, -0.2) is 4.98 Å². The molecule has 3 aromatic carbocycles. The molecule has 2 nitrogen and oxygen atoms in total. The first-order valence-corrected chi connectivity index (χ1v) is 9.12. The van der Waals surface area contributed by atoms with Crippen LogP contribution in [0.2, 0.25) is 0 Å². The largest absolute Gasteiger partial charge is 0.354 e. The molecule has 0 radical (unpaired) electrons. The summed E-state index contributed by atoms with van der Waals surface area (Å²) in [7, 11) is 0. The van der Waals surface area contributed by atoms with E-state index >= 15 is 0 Å². The van der Waals surface area contributed by atoms with Gasteiger partial charge in [-0.15, -0.1) is 0 Å². The molecule has 0 unspecified atom stereocenters. The van der Waals surface area contributed by atoms with Crippen molar-refractivity contribution in [2.24, 2.45) is 0 Å². The minimum Gasteiger partial charge on any atom is -0.354 e. The van der Waals surface area contributed by atoms with Crippen molar-refractivity contribution in [2.75, 3.05) is 0 Å². The third kappa shape index (κ3) is 2.22. The molecule has 0 atom stereocenters. The first-order chi connectivity index (χ1) is 12.7. The number of fused-ring (bicyclic) bond motifs is 5. The predicted octanol–water partition coefficient (Wildman–Crippen LogP) is 6.66. The molecule has 0 saturated heterocycles. The Balaban J connectivity index is 2.00. The van der Waals surface area contributed by atoms with E-state index in [0.717, 1.165) is 16.8 Å². The number of aromatic nitrogens is 2. The maximum atomic E-state index is 5.05. The third-order valence-electron chi connectivity index (χ3n) is 5.18. The van der Waals surface area contributed by atoms with Gasteiger partial charge in [-0.05, 0) is 29.7 Å². The average Bonchev–Trinajstić information content (AvgIpc) is 3.07. The minimum atomic E-state index is 0.498. The van der Waals surface area contributed by atoms with E-state index in [9.17, 15) is 0 Å². The van der Waals surface area contributed by atoms with Crippen molar-refractivity contribution in [1.82, 2.24) is 9.97 Å². The van der Waals surface area contributed by atoms with Gasteiger partial charge < -0.3 is 4.98 Å². The van der Waals surface area contributed by atoms with E-state index < -0.39 is 0 Å². The zero-order valence-corrected chi connectivity index (χ0v) is 15.0. The van der Waals surface area contributed by atoms with Crippen LogP contribution in [0.15, 0.2) is 72.8 Å². The maximum absolute atomic E-state index is 5.05. The first-order valence-electron chi connectivity index (χ1n) is 9.12. The van der Waals surface area contributed by atoms with Gasteiger partial charge in [-0.1, -0.05) is 68.4 Å². The Hall–Kier alpha value is -3.13. The van der Waals surface area contributed by atoms with Crippen LogP contribution >= 0.6 is 0 Å². The van der Waals surface area contributed by atoms with Crippen LogP contribution in [0.25, 0.3) is 44.0 Å². The first kappa shape index (κ1) is 15.2. The Labute approximate surface area is 152 Å². The van der Waals surface area contributed by atoms with E-state index in [1.165, 1.54) is 32.8 Å². The van der Waals surface area contributed by atoms with Crippen LogP contribution in [0.3, 0.4) is 0 Å². The number of rotatable bonds is 2. The molecular formula is C24H20N2. The number of nitrogens with zero attached hydrogens (tertiary/aromatic N) is 1. The fourth-order valence-corrected chi connectivity index (χ4v) is 3.78. The topological polar surface area (TPSA) is 28.7 Å². The second kappa shape index (κ2) is 5.70. The van der Waals surface area contributed by atoms with Crippen LogP contribution in [0.1, 0.15) is 25.3 Å². The van der Waals surface area contributed by atoms with E-state index in [4.69, 9.17) is 4.98 Å². The van der Waals surface area contributed by atoms with Crippen molar-refractivity contribution in [3.8, 4) is 11.3 Å². The third-order valence-corrected chi connectivity index (χ3v) is 5.18. The lowest BCUT2D eigenvalue weighted by Gasteiger charge is -2.08. The Bertz CT molecular complexity index is 1250. The van der Waals surface area contributed by atoms with E-state index in [0.29, 0.717) is 5.92 Å². The number of hydrogen-bond donors (Lipinski definition) is 1. The number of hydrogen-bond acceptors (Lipinski definition) is 1. The highest BCUT2D eigenvalue weighted by Gasteiger charge is 2.16. The van der Waals surface area contributed by atoms with Crippen LogP contribution < -0.4 is 0 Å². The highest BCUT2D eigenvalue weighted by molar-refractivity contribution is 6.21. The fraction of sp³-hybridized carbons (Fsp3) is 0.125. The molecule has 26 heavy (non-hydrogen) atoms. The van der Waals surface area contributed by atoms with E-state index in [-0.39, 0.29) is 0 Å². The number of aromatic amines is 1. The molecule has 0 bridgehead atoms. The molecule has 0 fully saturated rings. The molecule has 0 amide bonds. The van der Waals surface area contributed by atoms with Crippen molar-refractivity contribution in [1.29, 1.82) is 0 Å². The van der Waals surface area contributed by atoms with E-state index in [1.807, 2.05) is 6.07 Å². The normalized spacial score (nSPS) is 11.8. The molecule has 5 rings (SSSR count). The van der Waals surface area contributed by atoms with Crippen molar-refractivity contribution in [2.45, 2.75) is 19.8 Å². The van der Waals surface area contributed by atoms with Gasteiger partial charge >= 0.3 is 0 Å². The molecule has 2 heteroatoms. The summed E-state index contributed by atoms with van der Waals surface area (Å²) in [6.07, 6.45) is 0. The smallest absolute Gasteiger partial charge is 0.0809 e. The molecule has 0 aliphatic carbocycles. The van der Waals surface area contributed by atoms with E-state index in [2.05, 4.69) is 85.6 Å². The summed E-state index contributed by atoms with van der Waals surface area (Å²) in [5.74, 6) is 0.498. The highest BCUT2D eigenvalue weighted by atomic mass is 14.8. The lowest BCUT2D eigenvalue weighted by molar-refractivity contribution is 0.869. The molecule has 0 spiro atoms. The summed E-state index contributed by atoms with van der Waals surface area (Å²) in [5, 5.41) is 3.64. The summed E-state index contributed by atoms with van der Waals surface area (Å²) >= 11 is 0. The van der Waals surface area contributed by atoms with Gasteiger partial charge in [0, 0.05) is 27.2 Å². The molecule has 5 aromatic rings. The Morgan fingerprint density at radius 3 is 2.38 bits per heavy atom. The molecule has 0 saturated carbocycles. The van der Waals surface area contributed by atoms with Crippen LogP contribution in [0.5, 0.6) is 0 Å². The van der Waals surface area contributed by atoms with E-state index in [1.54, 1.807) is 0 Å². The number of H-pyrrole nitrogens is 1. The van der Waals surface area contributed by atoms with Crippen LogP contribution in [0.4, 0.5) is 0 Å². The molecule has 1 N–H and O–H groups in total. The molecule has 0 aliphatic rings. The summed E-state index contributed by atoms with van der Waals surface area (Å²) < 4.78 is 0. The summed E-state index contributed by atoms with van der Waals surface area (Å²) in [4.78, 5) is 8.71. The van der Waals surface area contributed by atoms with Gasteiger partial charge in [0.1, 0.15) is 0 Å². The van der Waals surface area contributed by atoms with Crippen molar-refractivity contribution < 1.29 is 0 Å². The highest BCUT2D eigenvalue weighted by Crippen LogP contribution is 2.38. The number of para-hydroxylation sites is 1. The molecule has 126 valence electrons. The van der Waals surface area contributed by atoms with Gasteiger partial charge in [0.15, 0.2) is 0 Å². The zero-order chi connectivity index (χ0) is 17.7. The Kier molecular flexibility index (Phi) is 3.32. The molecule has 0 aliphatic heterocycles. The number of pyridine rings is 1. The maximum Gasteiger partial charge on any atom is 0.0809 e. The summed E-state index contributed by atoms with van der Waals surface area (Å²) in [5.41, 5.74) is 6.91. The van der Waals surface area contributed by atoms with Crippen molar-refractivity contribution in [3.05, 3.63) is 78.4 Å². The Morgan fingerprint density at radius 1 is 0.808 bits per heavy atom. The van der Waals surface area contributed by atoms with Crippen molar-refractivity contribution in [3.63, 3.8) is 0 Å². The predicted molar refractivity (Wildman–Crippen MR) is 111 cm³/mol. The SMILES string of the molecule is CC(C)c1ccc2[nH]c3c4ccccc4nc(-c4ccccc4)c3c2c1. The van der Waals surface area contributed by atoms with Gasteiger partial charge in [0.25, 0.3) is 0 Å². The lowest BCUT2D eigenvalue weighted by Crippen LogP contribution is -1.89. The number of benzene rings is 3. The van der Waals surface area contributed by atoms with Crippen molar-refractivity contribution >= 4 is 32.7 Å². The molecule has 2 aromatic heterocycles. The van der Waals surface area contributed by atoms with Gasteiger partial charge in [0.05, 0.1) is 16.7 Å². The second-order valence-corrected chi connectivity index (χ2v) is 7.18. The van der Waals surface area contributed by atoms with Crippen LogP contribution in [-0.2, 0) is 0 Å². The summed E-state index contributed by atoms with van der Waals surface area (Å²) in [6.45, 7) is 4.48. The second-order valence-electron chi connectivity index (χ2n) is 7.18. The van der Waals surface area contributed by atoms with Gasteiger partial charge in [-0.3, -0.25) is 0 Å². The van der Waals surface area contributed by atoms with Gasteiger partial charge in [-0.2, -0.15) is 0 Å². The quantitative estimate of drug-likeness (QED) is 0.383. The lowest BCUT2D eigenvalue weighted by atomic mass is 9.98. The average molecular weight is 336 g/mol. The summed E-state index contributed by atoms with van der Waals surface area (Å²) in [6, 6.07) is 25.6. The standard InChI is InChI=1S/C24H20N2/c1-15(2)17-12-13-21-19(14-17)22-23(16-8-4-3-5-9-16)25-20-11-7-6-10-18(20)24(22)26-21/h3-15,26H,1-2H3. The van der Waals surface area contributed by atoms with Crippen LogP contribution in [0, 0.1) is 0 Å². The van der Waals surface area contributed by atoms with Crippen LogP contribution in [-0.4, -0.2) is 9.97 Å². The number of nitrogens with one attached hydrogen (secondary N) is 1. The Morgan fingerprint density at radius 2 is 1.58 bits per heavy atom. The molecular weight excluding hydrogens is 316 g/mol.